The molecule has 6 heteroatoms. The molecule has 2 aliphatic rings. The van der Waals surface area contributed by atoms with Crippen LogP contribution in [0.1, 0.15) is 59.9 Å². The molecule has 5 rings (SSSR count). The van der Waals surface area contributed by atoms with Gasteiger partial charge in [0, 0.05) is 18.7 Å². The molecule has 0 radical (unpaired) electrons. The maximum absolute atomic E-state index is 12.8. The Bertz CT molecular complexity index is 1450. The van der Waals surface area contributed by atoms with Gasteiger partial charge in [0.1, 0.15) is 18.0 Å². The van der Waals surface area contributed by atoms with E-state index in [1.165, 1.54) is 0 Å². The molecule has 1 heterocycles. The maximum Gasteiger partial charge on any atom is 0.339 e. The van der Waals surface area contributed by atoms with Crippen molar-refractivity contribution in [2.75, 3.05) is 24.6 Å². The number of carbonyl (C=O) groups is 2. The van der Waals surface area contributed by atoms with Crippen molar-refractivity contribution in [3.8, 4) is 16.9 Å². The van der Waals surface area contributed by atoms with Crippen LogP contribution in [0.2, 0.25) is 0 Å². The summed E-state index contributed by atoms with van der Waals surface area (Å²) in [6.45, 7) is 8.15. The van der Waals surface area contributed by atoms with Crippen LogP contribution in [0.4, 0.5) is 5.69 Å². The van der Waals surface area contributed by atoms with Crippen molar-refractivity contribution in [2.45, 2.75) is 45.8 Å². The fourth-order valence-corrected chi connectivity index (χ4v) is 4.92. The highest BCUT2D eigenvalue weighted by molar-refractivity contribution is 5.97. The molecule has 6 nitrogen and oxygen atoms in total. The quantitative estimate of drug-likeness (QED) is 0.340. The van der Waals surface area contributed by atoms with Gasteiger partial charge in [0.2, 0.25) is 0 Å². The molecular formula is C34H36N2O4. The maximum atomic E-state index is 12.8. The summed E-state index contributed by atoms with van der Waals surface area (Å²) in [5.41, 5.74) is 5.65. The lowest BCUT2D eigenvalue weighted by Crippen LogP contribution is -2.32. The van der Waals surface area contributed by atoms with Gasteiger partial charge >= 0.3 is 5.97 Å². The predicted octanol–water partition coefficient (Wildman–Crippen LogP) is 6.71. The van der Waals surface area contributed by atoms with Crippen molar-refractivity contribution in [3.05, 3.63) is 107 Å². The molecule has 0 bridgehead atoms. The molecule has 1 N–H and O–H groups in total. The summed E-state index contributed by atoms with van der Waals surface area (Å²) in [7, 11) is 0. The molecule has 0 saturated heterocycles. The molecule has 0 atom stereocenters. The van der Waals surface area contributed by atoms with Crippen LogP contribution < -0.4 is 15.0 Å². The Morgan fingerprint density at radius 3 is 2.55 bits per heavy atom. The number of allylic oxidation sites excluding steroid dienone is 2. The largest absolute Gasteiger partial charge is 0.490 e. The number of benzene rings is 3. The summed E-state index contributed by atoms with van der Waals surface area (Å²) >= 11 is 0. The fourth-order valence-electron chi connectivity index (χ4n) is 4.92. The number of rotatable bonds is 7. The Morgan fingerprint density at radius 1 is 1.00 bits per heavy atom. The van der Waals surface area contributed by atoms with Crippen LogP contribution in [0.15, 0.2) is 90.5 Å². The molecular weight excluding hydrogens is 500 g/mol. The minimum atomic E-state index is -0.558. The first kappa shape index (κ1) is 27.3. The van der Waals surface area contributed by atoms with E-state index >= 15 is 0 Å². The van der Waals surface area contributed by atoms with Gasteiger partial charge in [0.05, 0.1) is 17.8 Å². The first-order valence-electron chi connectivity index (χ1n) is 13.8. The zero-order valence-corrected chi connectivity index (χ0v) is 23.4. The Balaban J connectivity index is 1.27. The molecule has 0 saturated carbocycles. The van der Waals surface area contributed by atoms with Gasteiger partial charge in [0.25, 0.3) is 5.91 Å². The summed E-state index contributed by atoms with van der Waals surface area (Å²) in [5, 5.41) is 3.01. The lowest BCUT2D eigenvalue weighted by molar-refractivity contribution is 0.00703. The molecule has 0 fully saturated rings. The van der Waals surface area contributed by atoms with Gasteiger partial charge in [-0.1, -0.05) is 60.7 Å². The van der Waals surface area contributed by atoms with Crippen LogP contribution >= 0.6 is 0 Å². The molecule has 3 aromatic carbocycles. The zero-order chi connectivity index (χ0) is 28.1. The highest BCUT2D eigenvalue weighted by Gasteiger charge is 2.22. The lowest BCUT2D eigenvalue weighted by Gasteiger charge is -2.31. The third kappa shape index (κ3) is 6.63. The second-order valence-corrected chi connectivity index (χ2v) is 11.1. The summed E-state index contributed by atoms with van der Waals surface area (Å²) in [4.78, 5) is 27.8. The molecule has 1 aliphatic carbocycles. The van der Waals surface area contributed by atoms with Gasteiger partial charge < -0.3 is 19.7 Å². The first-order valence-corrected chi connectivity index (χ1v) is 13.8. The number of nitrogens with one attached hydrogen (secondary N) is 1. The monoisotopic (exact) mass is 536 g/mol. The number of hydrogen-bond donors (Lipinski definition) is 1. The van der Waals surface area contributed by atoms with Crippen LogP contribution in [0.3, 0.4) is 0 Å². The Kier molecular flexibility index (Phi) is 8.06. The van der Waals surface area contributed by atoms with Crippen molar-refractivity contribution in [1.82, 2.24) is 5.32 Å². The van der Waals surface area contributed by atoms with Crippen molar-refractivity contribution < 1.29 is 19.1 Å². The van der Waals surface area contributed by atoms with E-state index in [-0.39, 0.29) is 11.9 Å². The number of anilines is 1. The molecule has 1 aliphatic heterocycles. The van der Waals surface area contributed by atoms with E-state index in [4.69, 9.17) is 9.47 Å². The van der Waals surface area contributed by atoms with E-state index in [2.05, 4.69) is 40.6 Å². The van der Waals surface area contributed by atoms with Crippen molar-refractivity contribution in [2.24, 2.45) is 0 Å². The van der Waals surface area contributed by atoms with Crippen molar-refractivity contribution >= 4 is 17.6 Å². The molecule has 0 aromatic heterocycles. The Labute approximate surface area is 236 Å². The highest BCUT2D eigenvalue weighted by atomic mass is 16.6. The van der Waals surface area contributed by atoms with Gasteiger partial charge in [-0.3, -0.25) is 4.79 Å². The van der Waals surface area contributed by atoms with Crippen molar-refractivity contribution in [3.63, 3.8) is 0 Å². The van der Waals surface area contributed by atoms with Crippen LogP contribution in [0.25, 0.3) is 11.1 Å². The van der Waals surface area contributed by atoms with Gasteiger partial charge in [-0.2, -0.15) is 0 Å². The Hall–Kier alpha value is -4.32. The number of fused-ring (bicyclic) bond motifs is 1. The SMILES string of the molecule is CC(C)(C)OC(=O)c1ccccc1-c1ccc(CN2CCOc3cc(C(=O)NCC4=CCCC=C4)ccc32)cc1. The molecule has 3 aromatic rings. The normalized spacial score (nSPS) is 14.6. The van der Waals surface area contributed by atoms with E-state index in [1.54, 1.807) is 6.07 Å². The van der Waals surface area contributed by atoms with E-state index in [0.29, 0.717) is 30.8 Å². The van der Waals surface area contributed by atoms with E-state index < -0.39 is 5.60 Å². The minimum Gasteiger partial charge on any atom is -0.490 e. The van der Waals surface area contributed by atoms with Gasteiger partial charge in [0.15, 0.2) is 0 Å². The van der Waals surface area contributed by atoms with Crippen LogP contribution in [0, 0.1) is 0 Å². The molecule has 0 unspecified atom stereocenters. The number of amides is 1. The predicted molar refractivity (Wildman–Crippen MR) is 159 cm³/mol. The molecule has 1 amide bonds. The lowest BCUT2D eigenvalue weighted by atomic mass is 9.98. The van der Waals surface area contributed by atoms with Crippen molar-refractivity contribution in [1.29, 1.82) is 0 Å². The standard InChI is InChI=1S/C34H36N2O4/c1-34(2,3)40-33(38)29-12-8-7-11-28(29)26-15-13-25(14-16-26)23-36-19-20-39-31-21-27(17-18-30(31)36)32(37)35-22-24-9-5-4-6-10-24/h5,7-18,21H,4,6,19-20,22-23H2,1-3H3,(H,35,37). The minimum absolute atomic E-state index is 0.106. The van der Waals surface area contributed by atoms with Crippen LogP contribution in [0.5, 0.6) is 5.75 Å². The second-order valence-electron chi connectivity index (χ2n) is 11.1. The number of esters is 1. The number of carbonyl (C=O) groups excluding carboxylic acids is 2. The fraction of sp³-hybridized carbons (Fsp3) is 0.294. The topological polar surface area (TPSA) is 67.9 Å². The molecule has 206 valence electrons. The second kappa shape index (κ2) is 11.8. The third-order valence-corrected chi connectivity index (χ3v) is 6.89. The summed E-state index contributed by atoms with van der Waals surface area (Å²) < 4.78 is 11.6. The average molecular weight is 537 g/mol. The zero-order valence-electron chi connectivity index (χ0n) is 23.4. The highest BCUT2D eigenvalue weighted by Crippen LogP contribution is 2.34. The van der Waals surface area contributed by atoms with E-state index in [9.17, 15) is 9.59 Å². The summed E-state index contributed by atoms with van der Waals surface area (Å²) in [5.74, 6) is 0.289. The van der Waals surface area contributed by atoms with Gasteiger partial charge in [-0.15, -0.1) is 0 Å². The van der Waals surface area contributed by atoms with E-state index in [1.807, 2.05) is 69.3 Å². The molecule has 0 spiro atoms. The van der Waals surface area contributed by atoms with Gasteiger partial charge in [-0.05, 0) is 80.1 Å². The van der Waals surface area contributed by atoms with E-state index in [0.717, 1.165) is 53.1 Å². The average Bonchev–Trinajstić information content (AvgIpc) is 2.96. The van der Waals surface area contributed by atoms with Gasteiger partial charge in [-0.25, -0.2) is 4.79 Å². The number of ether oxygens (including phenoxy) is 2. The number of hydrogen-bond acceptors (Lipinski definition) is 5. The summed E-state index contributed by atoms with van der Waals surface area (Å²) in [6.07, 6.45) is 8.46. The smallest absolute Gasteiger partial charge is 0.339 e. The summed E-state index contributed by atoms with van der Waals surface area (Å²) in [6, 6.07) is 21.5. The third-order valence-electron chi connectivity index (χ3n) is 6.89. The molecule has 40 heavy (non-hydrogen) atoms. The number of nitrogens with zero attached hydrogens (tertiary/aromatic N) is 1. The van der Waals surface area contributed by atoms with Crippen LogP contribution in [-0.4, -0.2) is 37.2 Å². The Morgan fingerprint density at radius 2 is 1.80 bits per heavy atom. The first-order chi connectivity index (χ1) is 19.3. The van der Waals surface area contributed by atoms with Crippen LogP contribution in [-0.2, 0) is 11.3 Å².